The summed E-state index contributed by atoms with van der Waals surface area (Å²) in [5.41, 5.74) is 0.876. The molecule has 0 bridgehead atoms. The zero-order chi connectivity index (χ0) is 17.8. The Morgan fingerprint density at radius 3 is 2.80 bits per heavy atom. The molecular weight excluding hydrogens is 329 g/mol. The minimum absolute atomic E-state index is 0.0107. The Balaban J connectivity index is 1.55. The predicted molar refractivity (Wildman–Crippen MR) is 86.4 cm³/mol. The molecule has 8 heteroatoms. The third kappa shape index (κ3) is 3.85. The molecule has 1 atom stereocenters. The lowest BCUT2D eigenvalue weighted by molar-refractivity contribution is -0.126. The first-order valence-corrected chi connectivity index (χ1v) is 7.73. The van der Waals surface area contributed by atoms with Crippen LogP contribution in [0.5, 0.6) is 0 Å². The first-order valence-electron chi connectivity index (χ1n) is 7.73. The quantitative estimate of drug-likeness (QED) is 0.713. The molecular formula is C17H16FN3O4. The average molecular weight is 345 g/mol. The molecule has 3 N–H and O–H groups in total. The van der Waals surface area contributed by atoms with E-state index in [1.807, 2.05) is 0 Å². The van der Waals surface area contributed by atoms with Gasteiger partial charge in [-0.2, -0.15) is 0 Å². The Morgan fingerprint density at radius 1 is 1.24 bits per heavy atom. The van der Waals surface area contributed by atoms with Crippen molar-refractivity contribution in [2.75, 3.05) is 18.4 Å². The van der Waals surface area contributed by atoms with Crippen LogP contribution in [0.3, 0.4) is 0 Å². The van der Waals surface area contributed by atoms with Gasteiger partial charge in [-0.3, -0.25) is 14.4 Å². The number of carbonyl (C=O) groups is 3. The van der Waals surface area contributed by atoms with Crippen LogP contribution in [0, 0.1) is 5.82 Å². The van der Waals surface area contributed by atoms with Gasteiger partial charge in [-0.15, -0.1) is 0 Å². The minimum atomic E-state index is -0.690. The lowest BCUT2D eigenvalue weighted by Crippen LogP contribution is -2.39. The highest BCUT2D eigenvalue weighted by atomic mass is 19.1. The summed E-state index contributed by atoms with van der Waals surface area (Å²) in [5, 5.41) is 7.83. The summed E-state index contributed by atoms with van der Waals surface area (Å²) in [7, 11) is 0. The number of furan rings is 1. The molecule has 25 heavy (non-hydrogen) atoms. The van der Waals surface area contributed by atoms with Crippen molar-refractivity contribution < 1.29 is 23.2 Å². The summed E-state index contributed by atoms with van der Waals surface area (Å²) in [6.45, 7) is 0.403. The number of amides is 3. The molecule has 0 radical (unpaired) electrons. The van der Waals surface area contributed by atoms with Gasteiger partial charge in [-0.25, -0.2) is 4.39 Å². The molecule has 2 aromatic rings. The van der Waals surface area contributed by atoms with Crippen LogP contribution in [0.2, 0.25) is 0 Å². The molecule has 1 aromatic carbocycles. The zero-order valence-electron chi connectivity index (χ0n) is 13.2. The van der Waals surface area contributed by atoms with Gasteiger partial charge >= 0.3 is 0 Å². The Labute approximate surface area is 142 Å². The molecule has 130 valence electrons. The molecule has 7 nitrogen and oxygen atoms in total. The second-order valence-electron chi connectivity index (χ2n) is 5.56. The molecule has 1 unspecified atom stereocenters. The van der Waals surface area contributed by atoms with Crippen molar-refractivity contribution in [3.8, 4) is 0 Å². The van der Waals surface area contributed by atoms with Crippen molar-refractivity contribution in [3.05, 3.63) is 53.7 Å². The van der Waals surface area contributed by atoms with E-state index in [-0.39, 0.29) is 43.0 Å². The Bertz CT molecular complexity index is 804. The van der Waals surface area contributed by atoms with Gasteiger partial charge < -0.3 is 20.4 Å². The van der Waals surface area contributed by atoms with Crippen LogP contribution in [-0.4, -0.2) is 30.8 Å². The van der Waals surface area contributed by atoms with Crippen molar-refractivity contribution in [2.24, 2.45) is 0 Å². The van der Waals surface area contributed by atoms with Crippen LogP contribution in [0.4, 0.5) is 10.1 Å². The second kappa shape index (κ2) is 7.16. The number of carbonyl (C=O) groups excluding carboxylic acids is 3. The monoisotopic (exact) mass is 345 g/mol. The number of nitrogens with one attached hydrogen (secondary N) is 3. The molecule has 1 aliphatic rings. The van der Waals surface area contributed by atoms with Crippen LogP contribution < -0.4 is 16.0 Å². The van der Waals surface area contributed by atoms with E-state index in [0.29, 0.717) is 11.3 Å². The van der Waals surface area contributed by atoms with Gasteiger partial charge in [0.15, 0.2) is 5.76 Å². The van der Waals surface area contributed by atoms with Gasteiger partial charge in [-0.05, 0) is 29.8 Å². The molecule has 1 aliphatic heterocycles. The van der Waals surface area contributed by atoms with Gasteiger partial charge in [-0.1, -0.05) is 6.07 Å². The predicted octanol–water partition coefficient (Wildman–Crippen LogP) is 1.39. The van der Waals surface area contributed by atoms with E-state index in [0.717, 1.165) is 0 Å². The van der Waals surface area contributed by atoms with E-state index in [1.54, 1.807) is 6.07 Å². The molecule has 0 aliphatic carbocycles. The van der Waals surface area contributed by atoms with E-state index in [2.05, 4.69) is 16.0 Å². The normalized spacial score (nSPS) is 15.9. The van der Waals surface area contributed by atoms with Gasteiger partial charge in [0.25, 0.3) is 5.91 Å². The molecule has 0 spiro atoms. The highest BCUT2D eigenvalue weighted by molar-refractivity contribution is 6.01. The maximum atomic E-state index is 13.3. The summed E-state index contributed by atoms with van der Waals surface area (Å²) in [6, 6.07) is 7.07. The summed E-state index contributed by atoms with van der Waals surface area (Å²) in [4.78, 5) is 35.8. The topological polar surface area (TPSA) is 100 Å². The summed E-state index contributed by atoms with van der Waals surface area (Å²) < 4.78 is 18.2. The standard InChI is InChI=1S/C17H16FN3O4/c18-10-3-4-11-12(9-15(22)21-13(11)8-10)16(23)19-5-6-20-17(24)14-2-1-7-25-14/h1-4,7-8,12H,5-6,9H2,(H,19,23)(H,20,24)(H,21,22). The molecule has 2 heterocycles. The van der Waals surface area contributed by atoms with E-state index in [9.17, 15) is 18.8 Å². The summed E-state index contributed by atoms with van der Waals surface area (Å²) in [6.07, 6.45) is 1.38. The average Bonchev–Trinajstić information content (AvgIpc) is 3.11. The third-order valence-corrected chi connectivity index (χ3v) is 3.83. The lowest BCUT2D eigenvalue weighted by Gasteiger charge is -2.24. The van der Waals surface area contributed by atoms with E-state index < -0.39 is 11.7 Å². The Kier molecular flexibility index (Phi) is 4.78. The number of anilines is 1. The molecule has 3 rings (SSSR count). The Morgan fingerprint density at radius 2 is 2.04 bits per heavy atom. The van der Waals surface area contributed by atoms with E-state index in [4.69, 9.17) is 4.42 Å². The lowest BCUT2D eigenvalue weighted by atomic mass is 9.89. The van der Waals surface area contributed by atoms with E-state index in [1.165, 1.54) is 30.5 Å². The fraction of sp³-hybridized carbons (Fsp3) is 0.235. The molecule has 1 aromatic heterocycles. The van der Waals surface area contributed by atoms with Crippen LogP contribution in [0.15, 0.2) is 41.0 Å². The van der Waals surface area contributed by atoms with E-state index >= 15 is 0 Å². The zero-order valence-corrected chi connectivity index (χ0v) is 13.2. The first kappa shape index (κ1) is 16.7. The molecule has 0 fully saturated rings. The molecule has 0 saturated heterocycles. The van der Waals surface area contributed by atoms with Crippen molar-refractivity contribution in [1.82, 2.24) is 10.6 Å². The molecule has 3 amide bonds. The van der Waals surface area contributed by atoms with Crippen LogP contribution in [0.25, 0.3) is 0 Å². The maximum Gasteiger partial charge on any atom is 0.287 e. The summed E-state index contributed by atoms with van der Waals surface area (Å²) in [5.74, 6) is -2.06. The number of benzene rings is 1. The van der Waals surface area contributed by atoms with Gasteiger partial charge in [0, 0.05) is 25.2 Å². The van der Waals surface area contributed by atoms with Gasteiger partial charge in [0.05, 0.1) is 12.2 Å². The number of rotatable bonds is 5. The first-order chi connectivity index (χ1) is 12.0. The smallest absolute Gasteiger partial charge is 0.287 e. The van der Waals surface area contributed by atoms with Crippen molar-refractivity contribution in [1.29, 1.82) is 0 Å². The second-order valence-corrected chi connectivity index (χ2v) is 5.56. The summed E-state index contributed by atoms with van der Waals surface area (Å²) >= 11 is 0. The largest absolute Gasteiger partial charge is 0.459 e. The van der Waals surface area contributed by atoms with Gasteiger partial charge in [0.2, 0.25) is 11.8 Å². The number of hydrogen-bond acceptors (Lipinski definition) is 4. The highest BCUT2D eigenvalue weighted by Gasteiger charge is 2.30. The number of halogens is 1. The third-order valence-electron chi connectivity index (χ3n) is 3.83. The highest BCUT2D eigenvalue weighted by Crippen LogP contribution is 2.32. The fourth-order valence-corrected chi connectivity index (χ4v) is 2.65. The number of fused-ring (bicyclic) bond motifs is 1. The fourth-order valence-electron chi connectivity index (χ4n) is 2.65. The molecule has 0 saturated carbocycles. The van der Waals surface area contributed by atoms with Gasteiger partial charge in [0.1, 0.15) is 5.82 Å². The SMILES string of the molecule is O=C1CC(C(=O)NCCNC(=O)c2ccco2)c2ccc(F)cc2N1. The van der Waals surface area contributed by atoms with Crippen molar-refractivity contribution in [2.45, 2.75) is 12.3 Å². The van der Waals surface area contributed by atoms with Crippen molar-refractivity contribution >= 4 is 23.4 Å². The van der Waals surface area contributed by atoms with Crippen molar-refractivity contribution in [3.63, 3.8) is 0 Å². The van der Waals surface area contributed by atoms with Crippen LogP contribution in [-0.2, 0) is 9.59 Å². The van der Waals surface area contributed by atoms with Crippen LogP contribution in [0.1, 0.15) is 28.5 Å². The maximum absolute atomic E-state index is 13.3. The Hall–Kier alpha value is -3.16. The number of hydrogen-bond donors (Lipinski definition) is 3. The van der Waals surface area contributed by atoms with Crippen LogP contribution >= 0.6 is 0 Å². The minimum Gasteiger partial charge on any atom is -0.459 e.